The number of piperazine rings is 1. The number of anilines is 1. The van der Waals surface area contributed by atoms with Gasteiger partial charge in [0.25, 0.3) is 0 Å². The van der Waals surface area contributed by atoms with Gasteiger partial charge >= 0.3 is 0 Å². The molecule has 1 fully saturated rings. The number of para-hydroxylation sites is 1. The molecule has 0 bridgehead atoms. The smallest absolute Gasteiger partial charge is 0.228 e. The van der Waals surface area contributed by atoms with Gasteiger partial charge in [-0.25, -0.2) is 4.39 Å². The molecule has 1 aromatic heterocycles. The number of nitrogens with zero attached hydrogens (tertiary/aromatic N) is 3. The second kappa shape index (κ2) is 6.56. The highest BCUT2D eigenvalue weighted by molar-refractivity contribution is 5.78. The lowest BCUT2D eigenvalue weighted by molar-refractivity contribution is -0.130. The van der Waals surface area contributed by atoms with E-state index in [4.69, 9.17) is 0 Å². The van der Waals surface area contributed by atoms with Crippen LogP contribution in [0.5, 0.6) is 0 Å². The molecule has 4 nitrogen and oxygen atoms in total. The summed E-state index contributed by atoms with van der Waals surface area (Å²) in [5.41, 5.74) is 1.39. The molecule has 114 valence electrons. The van der Waals surface area contributed by atoms with Crippen molar-refractivity contribution < 1.29 is 9.18 Å². The minimum atomic E-state index is -0.212. The number of aromatic nitrogens is 1. The van der Waals surface area contributed by atoms with Crippen LogP contribution in [-0.2, 0) is 11.2 Å². The predicted molar refractivity (Wildman–Crippen MR) is 83.1 cm³/mol. The van der Waals surface area contributed by atoms with Gasteiger partial charge in [-0.2, -0.15) is 0 Å². The number of rotatable bonds is 3. The van der Waals surface area contributed by atoms with Gasteiger partial charge in [0, 0.05) is 38.1 Å². The Labute approximate surface area is 129 Å². The molecule has 0 atom stereocenters. The van der Waals surface area contributed by atoms with Crippen molar-refractivity contribution in [2.75, 3.05) is 31.1 Å². The number of hydrogen-bond acceptors (Lipinski definition) is 3. The monoisotopic (exact) mass is 299 g/mol. The fraction of sp³-hybridized carbons (Fsp3) is 0.294. The normalized spacial score (nSPS) is 15.0. The second-order valence-electron chi connectivity index (χ2n) is 5.32. The third-order valence-corrected chi connectivity index (χ3v) is 3.88. The van der Waals surface area contributed by atoms with Gasteiger partial charge in [-0.3, -0.25) is 9.78 Å². The summed E-state index contributed by atoms with van der Waals surface area (Å²) in [6, 6.07) is 12.3. The predicted octanol–water partition coefficient (Wildman–Crippen LogP) is 2.11. The van der Waals surface area contributed by atoms with Gasteiger partial charge in [0.15, 0.2) is 0 Å². The van der Waals surface area contributed by atoms with Crippen molar-refractivity contribution in [2.24, 2.45) is 0 Å². The standard InChI is InChI=1S/C17H18FN3O/c18-15-6-1-2-7-16(15)20-9-11-21(12-10-20)17(22)13-14-5-3-4-8-19-14/h1-8H,9-13H2. The van der Waals surface area contributed by atoms with Crippen molar-refractivity contribution in [1.82, 2.24) is 9.88 Å². The highest BCUT2D eigenvalue weighted by atomic mass is 19.1. The molecule has 0 spiro atoms. The molecular formula is C17H18FN3O. The molecular weight excluding hydrogens is 281 g/mol. The number of carbonyl (C=O) groups excluding carboxylic acids is 1. The molecule has 1 aromatic carbocycles. The van der Waals surface area contributed by atoms with E-state index in [0.717, 1.165) is 5.69 Å². The summed E-state index contributed by atoms with van der Waals surface area (Å²) in [6.07, 6.45) is 2.01. The molecule has 2 heterocycles. The Bertz CT molecular complexity index is 639. The van der Waals surface area contributed by atoms with Crippen molar-refractivity contribution in [3.8, 4) is 0 Å². The number of pyridine rings is 1. The van der Waals surface area contributed by atoms with Crippen LogP contribution in [-0.4, -0.2) is 42.0 Å². The van der Waals surface area contributed by atoms with Gasteiger partial charge in [-0.15, -0.1) is 0 Å². The van der Waals surface area contributed by atoms with Crippen molar-refractivity contribution in [3.63, 3.8) is 0 Å². The van der Waals surface area contributed by atoms with Crippen LogP contribution < -0.4 is 4.90 Å². The molecule has 5 heteroatoms. The summed E-state index contributed by atoms with van der Waals surface area (Å²) in [6.45, 7) is 2.52. The molecule has 3 rings (SSSR count). The topological polar surface area (TPSA) is 36.4 Å². The molecule has 2 aromatic rings. The Morgan fingerprint density at radius 1 is 1.05 bits per heavy atom. The van der Waals surface area contributed by atoms with E-state index in [1.54, 1.807) is 18.3 Å². The summed E-state index contributed by atoms with van der Waals surface area (Å²) in [7, 11) is 0. The lowest BCUT2D eigenvalue weighted by Crippen LogP contribution is -2.49. The molecule has 1 amide bonds. The summed E-state index contributed by atoms with van der Waals surface area (Å²) >= 11 is 0. The molecule has 0 radical (unpaired) electrons. The Hall–Kier alpha value is -2.43. The van der Waals surface area contributed by atoms with E-state index < -0.39 is 0 Å². The third kappa shape index (κ3) is 3.24. The van der Waals surface area contributed by atoms with E-state index in [-0.39, 0.29) is 11.7 Å². The van der Waals surface area contributed by atoms with Crippen molar-refractivity contribution in [2.45, 2.75) is 6.42 Å². The number of amides is 1. The highest BCUT2D eigenvalue weighted by Crippen LogP contribution is 2.20. The number of hydrogen-bond donors (Lipinski definition) is 0. The summed E-state index contributed by atoms with van der Waals surface area (Å²) < 4.78 is 13.8. The van der Waals surface area contributed by atoms with Crippen molar-refractivity contribution >= 4 is 11.6 Å². The first-order valence-corrected chi connectivity index (χ1v) is 7.41. The van der Waals surface area contributed by atoms with Gasteiger partial charge in [0.2, 0.25) is 5.91 Å². The van der Waals surface area contributed by atoms with Gasteiger partial charge in [0.05, 0.1) is 12.1 Å². The van der Waals surface area contributed by atoms with Crippen LogP contribution in [0.1, 0.15) is 5.69 Å². The van der Waals surface area contributed by atoms with E-state index in [9.17, 15) is 9.18 Å². The Kier molecular flexibility index (Phi) is 4.32. The van der Waals surface area contributed by atoms with Crippen LogP contribution in [0, 0.1) is 5.82 Å². The zero-order chi connectivity index (χ0) is 15.4. The molecule has 0 N–H and O–H groups in total. The average Bonchev–Trinajstić information content (AvgIpc) is 2.56. The zero-order valence-corrected chi connectivity index (χ0v) is 12.3. The second-order valence-corrected chi connectivity index (χ2v) is 5.32. The lowest BCUT2D eigenvalue weighted by Gasteiger charge is -2.36. The van der Waals surface area contributed by atoms with E-state index in [2.05, 4.69) is 4.98 Å². The molecule has 1 saturated heterocycles. The van der Waals surface area contributed by atoms with Gasteiger partial charge < -0.3 is 9.80 Å². The fourth-order valence-electron chi connectivity index (χ4n) is 2.67. The van der Waals surface area contributed by atoms with E-state index >= 15 is 0 Å². The number of halogens is 1. The SMILES string of the molecule is O=C(Cc1ccccn1)N1CCN(c2ccccc2F)CC1. The van der Waals surface area contributed by atoms with Gasteiger partial charge in [0.1, 0.15) is 5.82 Å². The molecule has 0 unspecified atom stereocenters. The lowest BCUT2D eigenvalue weighted by atomic mass is 10.2. The fourth-order valence-corrected chi connectivity index (χ4v) is 2.67. The molecule has 22 heavy (non-hydrogen) atoms. The largest absolute Gasteiger partial charge is 0.366 e. The van der Waals surface area contributed by atoms with Crippen LogP contribution in [0.2, 0.25) is 0 Å². The van der Waals surface area contributed by atoms with Crippen LogP contribution in [0.25, 0.3) is 0 Å². The average molecular weight is 299 g/mol. The maximum atomic E-state index is 13.8. The minimum Gasteiger partial charge on any atom is -0.366 e. The molecule has 0 saturated carbocycles. The summed E-state index contributed by atoms with van der Waals surface area (Å²) in [4.78, 5) is 20.3. The molecule has 1 aliphatic heterocycles. The van der Waals surface area contributed by atoms with E-state index in [1.807, 2.05) is 34.1 Å². The third-order valence-electron chi connectivity index (χ3n) is 3.88. The van der Waals surface area contributed by atoms with Crippen molar-refractivity contribution in [3.05, 3.63) is 60.2 Å². The number of carbonyl (C=O) groups is 1. The van der Waals surface area contributed by atoms with Crippen LogP contribution in [0.3, 0.4) is 0 Å². The summed E-state index contributed by atoms with van der Waals surface area (Å²) in [5.74, 6) is -0.136. The minimum absolute atomic E-state index is 0.0758. The maximum Gasteiger partial charge on any atom is 0.228 e. The first-order chi connectivity index (χ1) is 10.7. The van der Waals surface area contributed by atoms with E-state index in [1.165, 1.54) is 6.07 Å². The van der Waals surface area contributed by atoms with Gasteiger partial charge in [-0.1, -0.05) is 18.2 Å². The van der Waals surface area contributed by atoms with Crippen LogP contribution in [0.15, 0.2) is 48.7 Å². The van der Waals surface area contributed by atoms with E-state index in [0.29, 0.717) is 38.3 Å². The Balaban J connectivity index is 1.58. The highest BCUT2D eigenvalue weighted by Gasteiger charge is 2.22. The van der Waals surface area contributed by atoms with Crippen molar-refractivity contribution in [1.29, 1.82) is 0 Å². The van der Waals surface area contributed by atoms with Crippen LogP contribution >= 0.6 is 0 Å². The zero-order valence-electron chi connectivity index (χ0n) is 12.3. The first-order valence-electron chi connectivity index (χ1n) is 7.41. The Morgan fingerprint density at radius 2 is 1.77 bits per heavy atom. The quantitative estimate of drug-likeness (QED) is 0.871. The Morgan fingerprint density at radius 3 is 2.45 bits per heavy atom. The molecule has 1 aliphatic rings. The number of benzene rings is 1. The summed E-state index contributed by atoms with van der Waals surface area (Å²) in [5, 5.41) is 0. The van der Waals surface area contributed by atoms with Crippen LogP contribution in [0.4, 0.5) is 10.1 Å². The first kappa shape index (κ1) is 14.5. The maximum absolute atomic E-state index is 13.8. The van der Waals surface area contributed by atoms with Gasteiger partial charge in [-0.05, 0) is 24.3 Å². The molecule has 0 aliphatic carbocycles.